The van der Waals surface area contributed by atoms with Gasteiger partial charge in [-0.15, -0.1) is 0 Å². The fourth-order valence-corrected chi connectivity index (χ4v) is 3.67. The molecular formula is C15H23NO2. The lowest BCUT2D eigenvalue weighted by Gasteiger charge is -2.38. The van der Waals surface area contributed by atoms with Crippen LogP contribution in [0.15, 0.2) is 22.8 Å². The van der Waals surface area contributed by atoms with Crippen LogP contribution < -0.4 is 0 Å². The molecule has 0 radical (unpaired) electrons. The van der Waals surface area contributed by atoms with E-state index in [0.29, 0.717) is 6.10 Å². The van der Waals surface area contributed by atoms with E-state index in [9.17, 15) is 0 Å². The van der Waals surface area contributed by atoms with E-state index in [1.54, 1.807) is 6.26 Å². The fraction of sp³-hybridized carbons (Fsp3) is 0.733. The minimum absolute atomic E-state index is 0.504. The number of aryl methyl sites for hydroxylation is 1. The maximum atomic E-state index is 5.54. The average molecular weight is 249 g/mol. The average Bonchev–Trinajstić information content (AvgIpc) is 2.97. The molecule has 3 heteroatoms. The monoisotopic (exact) mass is 249 g/mol. The van der Waals surface area contributed by atoms with Crippen LogP contribution in [0.25, 0.3) is 0 Å². The molecule has 3 atom stereocenters. The van der Waals surface area contributed by atoms with Crippen molar-refractivity contribution in [1.82, 2.24) is 4.90 Å². The van der Waals surface area contributed by atoms with Crippen LogP contribution in [-0.4, -0.2) is 36.7 Å². The van der Waals surface area contributed by atoms with Gasteiger partial charge in [0.25, 0.3) is 0 Å². The third kappa shape index (κ3) is 2.47. The molecule has 0 aliphatic carbocycles. The van der Waals surface area contributed by atoms with E-state index in [0.717, 1.165) is 24.3 Å². The van der Waals surface area contributed by atoms with E-state index in [1.807, 2.05) is 13.2 Å². The van der Waals surface area contributed by atoms with Crippen molar-refractivity contribution in [3.63, 3.8) is 0 Å². The van der Waals surface area contributed by atoms with Gasteiger partial charge in [-0.2, -0.15) is 0 Å². The van der Waals surface area contributed by atoms with Crippen LogP contribution in [0.4, 0.5) is 0 Å². The first-order valence-electron chi connectivity index (χ1n) is 7.17. The highest BCUT2D eigenvalue weighted by molar-refractivity contribution is 4.99. The summed E-state index contributed by atoms with van der Waals surface area (Å²) in [5.41, 5.74) is 0. The summed E-state index contributed by atoms with van der Waals surface area (Å²) >= 11 is 0. The minimum atomic E-state index is 0.504. The molecule has 18 heavy (non-hydrogen) atoms. The Balaban J connectivity index is 1.49. The number of ether oxygens (including phenoxy) is 1. The molecule has 0 saturated carbocycles. The number of furan rings is 1. The second kappa shape index (κ2) is 5.45. The van der Waals surface area contributed by atoms with Gasteiger partial charge in [0, 0.05) is 25.6 Å². The molecule has 0 amide bonds. The molecule has 2 saturated heterocycles. The summed E-state index contributed by atoms with van der Waals surface area (Å²) in [6.45, 7) is 1.21. The van der Waals surface area contributed by atoms with E-state index in [-0.39, 0.29) is 0 Å². The van der Waals surface area contributed by atoms with Gasteiger partial charge < -0.3 is 9.15 Å². The number of methoxy groups -OCH3 is 1. The van der Waals surface area contributed by atoms with Crippen molar-refractivity contribution < 1.29 is 9.15 Å². The summed E-state index contributed by atoms with van der Waals surface area (Å²) < 4.78 is 10.9. The Kier molecular flexibility index (Phi) is 3.71. The molecule has 3 heterocycles. The molecule has 100 valence electrons. The van der Waals surface area contributed by atoms with Gasteiger partial charge >= 0.3 is 0 Å². The quantitative estimate of drug-likeness (QED) is 0.802. The number of fused-ring (bicyclic) bond motifs is 2. The number of hydrogen-bond acceptors (Lipinski definition) is 3. The van der Waals surface area contributed by atoms with Crippen molar-refractivity contribution in [2.24, 2.45) is 0 Å². The zero-order chi connectivity index (χ0) is 12.4. The van der Waals surface area contributed by atoms with Gasteiger partial charge in [0.05, 0.1) is 12.4 Å². The van der Waals surface area contributed by atoms with Crippen molar-refractivity contribution in [2.45, 2.75) is 56.7 Å². The standard InChI is InChI=1S/C15H23NO2/c1-17-15-10-12-6-7-13(11-15)16(12)8-2-4-14-5-3-9-18-14/h3,5,9,12-13,15H,2,4,6-8,10-11H2,1H3/t12-,13+,15?. The van der Waals surface area contributed by atoms with E-state index in [2.05, 4.69) is 11.0 Å². The van der Waals surface area contributed by atoms with Crippen LogP contribution >= 0.6 is 0 Å². The molecule has 2 aliphatic rings. The van der Waals surface area contributed by atoms with Crippen LogP contribution in [0, 0.1) is 0 Å². The lowest BCUT2D eigenvalue weighted by molar-refractivity contribution is 0.00548. The topological polar surface area (TPSA) is 25.6 Å². The third-order valence-electron chi connectivity index (χ3n) is 4.59. The Hall–Kier alpha value is -0.800. The second-order valence-electron chi connectivity index (χ2n) is 5.63. The molecule has 3 rings (SSSR count). The molecule has 0 spiro atoms. The minimum Gasteiger partial charge on any atom is -0.469 e. The first-order valence-corrected chi connectivity index (χ1v) is 7.17. The van der Waals surface area contributed by atoms with E-state index in [1.165, 1.54) is 38.6 Å². The largest absolute Gasteiger partial charge is 0.469 e. The van der Waals surface area contributed by atoms with Gasteiger partial charge in [0.15, 0.2) is 0 Å². The summed E-state index contributed by atoms with van der Waals surface area (Å²) in [7, 11) is 1.86. The Labute approximate surface area is 109 Å². The Bertz CT molecular complexity index is 349. The van der Waals surface area contributed by atoms with Crippen molar-refractivity contribution in [2.75, 3.05) is 13.7 Å². The molecule has 3 nitrogen and oxygen atoms in total. The second-order valence-corrected chi connectivity index (χ2v) is 5.63. The molecule has 0 N–H and O–H groups in total. The molecular weight excluding hydrogens is 226 g/mol. The highest BCUT2D eigenvalue weighted by Gasteiger charge is 2.40. The number of piperidine rings is 1. The van der Waals surface area contributed by atoms with Gasteiger partial charge in [0.1, 0.15) is 5.76 Å². The highest BCUT2D eigenvalue weighted by atomic mass is 16.5. The van der Waals surface area contributed by atoms with Gasteiger partial charge in [-0.3, -0.25) is 4.90 Å². The smallest absolute Gasteiger partial charge is 0.103 e. The van der Waals surface area contributed by atoms with Gasteiger partial charge in [-0.05, 0) is 50.8 Å². The Morgan fingerprint density at radius 1 is 1.33 bits per heavy atom. The van der Waals surface area contributed by atoms with Crippen LogP contribution in [0.2, 0.25) is 0 Å². The van der Waals surface area contributed by atoms with Crippen molar-refractivity contribution in [3.05, 3.63) is 24.2 Å². The fourth-order valence-electron chi connectivity index (χ4n) is 3.67. The van der Waals surface area contributed by atoms with Crippen LogP contribution in [0.1, 0.15) is 37.9 Å². The van der Waals surface area contributed by atoms with E-state index < -0.39 is 0 Å². The summed E-state index contributed by atoms with van der Waals surface area (Å²) in [5.74, 6) is 1.12. The van der Waals surface area contributed by atoms with Crippen LogP contribution in [0.5, 0.6) is 0 Å². The summed E-state index contributed by atoms with van der Waals surface area (Å²) in [5, 5.41) is 0. The highest BCUT2D eigenvalue weighted by Crippen LogP contribution is 2.36. The van der Waals surface area contributed by atoms with Gasteiger partial charge in [-0.25, -0.2) is 0 Å². The summed E-state index contributed by atoms with van der Waals surface area (Å²) in [6, 6.07) is 5.59. The summed E-state index contributed by atoms with van der Waals surface area (Å²) in [4.78, 5) is 2.72. The van der Waals surface area contributed by atoms with Crippen molar-refractivity contribution in [1.29, 1.82) is 0 Å². The molecule has 0 aromatic carbocycles. The summed E-state index contributed by atoms with van der Waals surface area (Å²) in [6.07, 6.45) is 9.74. The van der Waals surface area contributed by atoms with E-state index >= 15 is 0 Å². The molecule has 2 fully saturated rings. The zero-order valence-corrected chi connectivity index (χ0v) is 11.2. The first kappa shape index (κ1) is 12.2. The SMILES string of the molecule is COC1C[C@H]2CC[C@@H](C1)N2CCCc1ccco1. The lowest BCUT2D eigenvalue weighted by atomic mass is 9.99. The van der Waals surface area contributed by atoms with Crippen LogP contribution in [-0.2, 0) is 11.2 Å². The molecule has 1 unspecified atom stereocenters. The predicted molar refractivity (Wildman–Crippen MR) is 70.6 cm³/mol. The zero-order valence-electron chi connectivity index (χ0n) is 11.2. The predicted octanol–water partition coefficient (Wildman–Crippen LogP) is 2.85. The number of hydrogen-bond donors (Lipinski definition) is 0. The Morgan fingerprint density at radius 3 is 2.72 bits per heavy atom. The Morgan fingerprint density at radius 2 is 2.11 bits per heavy atom. The number of nitrogens with zero attached hydrogens (tertiary/aromatic N) is 1. The van der Waals surface area contributed by atoms with Crippen molar-refractivity contribution >= 4 is 0 Å². The molecule has 2 aliphatic heterocycles. The molecule has 1 aromatic heterocycles. The van der Waals surface area contributed by atoms with E-state index in [4.69, 9.17) is 9.15 Å². The van der Waals surface area contributed by atoms with Crippen LogP contribution in [0.3, 0.4) is 0 Å². The van der Waals surface area contributed by atoms with Gasteiger partial charge in [-0.1, -0.05) is 0 Å². The maximum Gasteiger partial charge on any atom is 0.103 e. The van der Waals surface area contributed by atoms with Gasteiger partial charge in [0.2, 0.25) is 0 Å². The number of rotatable bonds is 5. The lowest BCUT2D eigenvalue weighted by Crippen LogP contribution is -2.45. The molecule has 2 bridgehead atoms. The third-order valence-corrected chi connectivity index (χ3v) is 4.59. The first-order chi connectivity index (χ1) is 8.86. The van der Waals surface area contributed by atoms with Crippen molar-refractivity contribution in [3.8, 4) is 0 Å². The maximum absolute atomic E-state index is 5.54. The molecule has 1 aromatic rings. The normalized spacial score (nSPS) is 31.9.